The molecule has 0 spiro atoms. The first-order chi connectivity index (χ1) is 11.5. The lowest BCUT2D eigenvalue weighted by Crippen LogP contribution is -2.68. The molecule has 2 heterocycles. The largest absolute Gasteiger partial charge is 0.398 e. The SMILES string of the molecule is CO/N=C(\C(=O)N[C@@H]1C(=O)N[C@H]1SC)c1csc(NC(=O)CCl)n1. The van der Waals surface area contributed by atoms with Gasteiger partial charge in [-0.3, -0.25) is 14.4 Å². The third-order valence-corrected chi connectivity index (χ3v) is 4.82. The zero-order valence-electron chi connectivity index (χ0n) is 12.7. The molecule has 12 heteroatoms. The van der Waals surface area contributed by atoms with Crippen LogP contribution in [0.3, 0.4) is 0 Å². The molecule has 0 aromatic carbocycles. The van der Waals surface area contributed by atoms with Gasteiger partial charge in [0.15, 0.2) is 10.8 Å². The van der Waals surface area contributed by atoms with Crippen LogP contribution in [0.4, 0.5) is 5.13 Å². The van der Waals surface area contributed by atoms with E-state index in [0.717, 1.165) is 11.3 Å². The average Bonchev–Trinajstić information content (AvgIpc) is 3.02. The zero-order chi connectivity index (χ0) is 17.7. The summed E-state index contributed by atoms with van der Waals surface area (Å²) in [4.78, 5) is 43.9. The Kier molecular flexibility index (Phi) is 6.40. The minimum absolute atomic E-state index is 0.0975. The minimum atomic E-state index is -0.649. The first kappa shape index (κ1) is 18.5. The molecule has 3 amide bonds. The number of thioether (sulfide) groups is 1. The van der Waals surface area contributed by atoms with Crippen LogP contribution in [0.2, 0.25) is 0 Å². The third-order valence-electron chi connectivity index (χ3n) is 2.92. The number of β-lactam (4-membered cyclic amide) rings is 1. The van der Waals surface area contributed by atoms with E-state index in [1.54, 1.807) is 0 Å². The molecule has 1 saturated heterocycles. The average molecular weight is 392 g/mol. The fraction of sp³-hybridized carbons (Fsp3) is 0.417. The topological polar surface area (TPSA) is 122 Å². The molecule has 0 aliphatic carbocycles. The van der Waals surface area contributed by atoms with Crippen LogP contribution in [-0.2, 0) is 19.2 Å². The lowest BCUT2D eigenvalue weighted by atomic mass is 10.1. The monoisotopic (exact) mass is 391 g/mol. The van der Waals surface area contributed by atoms with E-state index < -0.39 is 17.9 Å². The van der Waals surface area contributed by atoms with Crippen LogP contribution in [0, 0.1) is 0 Å². The molecular weight excluding hydrogens is 378 g/mol. The molecule has 9 nitrogen and oxygen atoms in total. The molecule has 1 aliphatic rings. The second kappa shape index (κ2) is 8.31. The molecule has 130 valence electrons. The van der Waals surface area contributed by atoms with Crippen molar-refractivity contribution in [3.8, 4) is 0 Å². The summed E-state index contributed by atoms with van der Waals surface area (Å²) in [5, 5.41) is 13.0. The number of hydrogen-bond acceptors (Lipinski definition) is 8. The maximum absolute atomic E-state index is 12.4. The van der Waals surface area contributed by atoms with E-state index in [9.17, 15) is 14.4 Å². The van der Waals surface area contributed by atoms with Crippen molar-refractivity contribution >= 4 is 63.3 Å². The van der Waals surface area contributed by atoms with Crippen LogP contribution in [0.15, 0.2) is 10.5 Å². The standard InChI is InChI=1S/C12H14ClN5O4S2/c1-22-18-7(5-4-24-12(14-5)15-6(19)3-13)9(20)16-8-10(21)17-11(8)23-2/h4,8,11H,3H2,1-2H3,(H,16,20)(H,17,21)(H,14,15,19)/b18-7-/t8-,11+/m1/s1. The number of hydrogen-bond donors (Lipinski definition) is 3. The fourth-order valence-corrected chi connectivity index (χ4v) is 3.26. The molecule has 1 aromatic heterocycles. The van der Waals surface area contributed by atoms with Gasteiger partial charge in [-0.2, -0.15) is 0 Å². The van der Waals surface area contributed by atoms with Crippen molar-refractivity contribution in [3.05, 3.63) is 11.1 Å². The van der Waals surface area contributed by atoms with Crippen molar-refractivity contribution in [2.75, 3.05) is 24.6 Å². The number of oxime groups is 1. The van der Waals surface area contributed by atoms with Crippen molar-refractivity contribution in [2.24, 2.45) is 5.16 Å². The predicted molar refractivity (Wildman–Crippen MR) is 92.4 cm³/mol. The number of rotatable bonds is 7. The number of nitrogens with one attached hydrogen (secondary N) is 3. The number of carbonyl (C=O) groups is 3. The van der Waals surface area contributed by atoms with Gasteiger partial charge in [-0.15, -0.1) is 34.7 Å². The van der Waals surface area contributed by atoms with Crippen molar-refractivity contribution in [2.45, 2.75) is 11.4 Å². The Hall–Kier alpha value is -1.85. The highest BCUT2D eigenvalue weighted by atomic mass is 35.5. The number of carbonyl (C=O) groups excluding carboxylic acids is 3. The molecule has 2 atom stereocenters. The molecule has 0 saturated carbocycles. The summed E-state index contributed by atoms with van der Waals surface area (Å²) in [6.45, 7) is 0. The van der Waals surface area contributed by atoms with Gasteiger partial charge in [-0.25, -0.2) is 4.98 Å². The zero-order valence-corrected chi connectivity index (χ0v) is 15.0. The lowest BCUT2D eigenvalue weighted by Gasteiger charge is -2.35. The Morgan fingerprint density at radius 1 is 1.58 bits per heavy atom. The predicted octanol–water partition coefficient (Wildman–Crippen LogP) is -0.0254. The van der Waals surface area contributed by atoms with Crippen molar-refractivity contribution in [1.29, 1.82) is 0 Å². The van der Waals surface area contributed by atoms with Crippen LogP contribution < -0.4 is 16.0 Å². The fourth-order valence-electron chi connectivity index (χ4n) is 1.79. The van der Waals surface area contributed by atoms with Crippen LogP contribution >= 0.6 is 34.7 Å². The molecular formula is C12H14ClN5O4S2. The Bertz CT molecular complexity index is 680. The van der Waals surface area contributed by atoms with Gasteiger partial charge in [0.25, 0.3) is 5.91 Å². The third kappa shape index (κ3) is 4.16. The maximum atomic E-state index is 12.4. The van der Waals surface area contributed by atoms with E-state index in [2.05, 4.69) is 30.9 Å². The number of alkyl halides is 1. The quantitative estimate of drug-likeness (QED) is 0.260. The van der Waals surface area contributed by atoms with E-state index in [4.69, 9.17) is 11.6 Å². The smallest absolute Gasteiger partial charge is 0.276 e. The number of halogens is 1. The van der Waals surface area contributed by atoms with Crippen LogP contribution in [-0.4, -0.2) is 59.1 Å². The molecule has 3 N–H and O–H groups in total. The Labute approximate surface area is 150 Å². The van der Waals surface area contributed by atoms with Crippen LogP contribution in [0.5, 0.6) is 0 Å². The highest BCUT2D eigenvalue weighted by Gasteiger charge is 2.40. The maximum Gasteiger partial charge on any atom is 0.276 e. The lowest BCUT2D eigenvalue weighted by molar-refractivity contribution is -0.132. The minimum Gasteiger partial charge on any atom is -0.398 e. The molecule has 1 aliphatic heterocycles. The first-order valence-corrected chi connectivity index (χ1v) is 9.27. The van der Waals surface area contributed by atoms with E-state index >= 15 is 0 Å². The highest BCUT2D eigenvalue weighted by molar-refractivity contribution is 7.99. The molecule has 2 rings (SSSR count). The van der Waals surface area contributed by atoms with Gasteiger partial charge >= 0.3 is 0 Å². The normalized spacial score (nSPS) is 20.0. The van der Waals surface area contributed by atoms with Gasteiger partial charge in [0.1, 0.15) is 30.1 Å². The Morgan fingerprint density at radius 3 is 2.92 bits per heavy atom. The van der Waals surface area contributed by atoms with Gasteiger partial charge < -0.3 is 20.8 Å². The van der Waals surface area contributed by atoms with Gasteiger partial charge in [0.05, 0.1) is 0 Å². The first-order valence-electron chi connectivity index (χ1n) is 6.57. The van der Waals surface area contributed by atoms with Crippen molar-refractivity contribution in [1.82, 2.24) is 15.6 Å². The van der Waals surface area contributed by atoms with Crippen molar-refractivity contribution in [3.63, 3.8) is 0 Å². The second-order valence-corrected chi connectivity index (χ2v) is 6.56. The highest BCUT2D eigenvalue weighted by Crippen LogP contribution is 2.19. The van der Waals surface area contributed by atoms with Crippen molar-refractivity contribution < 1.29 is 19.2 Å². The van der Waals surface area contributed by atoms with Gasteiger partial charge in [0, 0.05) is 5.38 Å². The van der Waals surface area contributed by atoms with Gasteiger partial charge in [0.2, 0.25) is 11.8 Å². The van der Waals surface area contributed by atoms with E-state index in [1.807, 2.05) is 6.26 Å². The summed E-state index contributed by atoms with van der Waals surface area (Å²) in [5.41, 5.74) is 0.115. The van der Waals surface area contributed by atoms with Gasteiger partial charge in [-0.1, -0.05) is 5.16 Å². The Balaban J connectivity index is 2.11. The number of aromatic nitrogens is 1. The molecule has 1 aromatic rings. The van der Waals surface area contributed by atoms with E-state index in [1.165, 1.54) is 24.3 Å². The Morgan fingerprint density at radius 2 is 2.33 bits per heavy atom. The van der Waals surface area contributed by atoms with Crippen LogP contribution in [0.25, 0.3) is 0 Å². The second-order valence-electron chi connectivity index (χ2n) is 4.46. The van der Waals surface area contributed by atoms with Gasteiger partial charge in [-0.05, 0) is 6.26 Å². The summed E-state index contributed by atoms with van der Waals surface area (Å²) in [5.74, 6) is -1.49. The number of nitrogens with zero attached hydrogens (tertiary/aromatic N) is 2. The van der Waals surface area contributed by atoms with E-state index in [0.29, 0.717) is 0 Å². The molecule has 1 fully saturated rings. The molecule has 0 unspecified atom stereocenters. The summed E-state index contributed by atoms with van der Waals surface area (Å²) in [6, 6.07) is -0.649. The number of thiazole rings is 1. The summed E-state index contributed by atoms with van der Waals surface area (Å²) in [7, 11) is 1.29. The molecule has 24 heavy (non-hydrogen) atoms. The van der Waals surface area contributed by atoms with Crippen LogP contribution in [0.1, 0.15) is 5.69 Å². The summed E-state index contributed by atoms with van der Waals surface area (Å²) in [6.07, 6.45) is 1.82. The number of anilines is 1. The summed E-state index contributed by atoms with van der Waals surface area (Å²) >= 11 is 7.93. The molecule has 0 bridgehead atoms. The molecule has 0 radical (unpaired) electrons. The summed E-state index contributed by atoms with van der Waals surface area (Å²) < 4.78 is 0. The number of amides is 3. The van der Waals surface area contributed by atoms with E-state index in [-0.39, 0.29) is 33.7 Å².